The SMILES string of the molecule is CC1=C(C)C(c2ccc3ccccc3c2C=Nc2ccccc2)C=C1. The Morgan fingerprint density at radius 3 is 2.36 bits per heavy atom. The fraction of sp³-hybridized carbons (Fsp3) is 0.125. The van der Waals surface area contributed by atoms with Crippen molar-refractivity contribution < 1.29 is 0 Å². The van der Waals surface area contributed by atoms with Crippen LogP contribution >= 0.6 is 0 Å². The Bertz CT molecular complexity index is 1010. The van der Waals surface area contributed by atoms with Gasteiger partial charge in [0.15, 0.2) is 0 Å². The molecule has 4 rings (SSSR count). The third-order valence-corrected chi connectivity index (χ3v) is 5.07. The van der Waals surface area contributed by atoms with Crippen LogP contribution in [0.1, 0.15) is 30.9 Å². The van der Waals surface area contributed by atoms with Gasteiger partial charge in [0, 0.05) is 17.7 Å². The van der Waals surface area contributed by atoms with Gasteiger partial charge in [-0.1, -0.05) is 77.9 Å². The lowest BCUT2D eigenvalue weighted by atomic mass is 9.87. The summed E-state index contributed by atoms with van der Waals surface area (Å²) in [7, 11) is 0. The van der Waals surface area contributed by atoms with E-state index in [0.717, 1.165) is 5.69 Å². The summed E-state index contributed by atoms with van der Waals surface area (Å²) in [5.41, 5.74) is 6.30. The lowest BCUT2D eigenvalue weighted by Gasteiger charge is -2.16. The molecule has 0 aromatic heterocycles. The summed E-state index contributed by atoms with van der Waals surface area (Å²) in [5.74, 6) is 0.335. The summed E-state index contributed by atoms with van der Waals surface area (Å²) in [6.45, 7) is 4.41. The molecule has 1 unspecified atom stereocenters. The number of benzene rings is 3. The van der Waals surface area contributed by atoms with Crippen molar-refractivity contribution in [1.29, 1.82) is 0 Å². The van der Waals surface area contributed by atoms with Gasteiger partial charge in [-0.2, -0.15) is 0 Å². The molecule has 25 heavy (non-hydrogen) atoms. The molecule has 1 heteroatoms. The van der Waals surface area contributed by atoms with Crippen LogP contribution in [0.3, 0.4) is 0 Å². The molecule has 122 valence electrons. The highest BCUT2D eigenvalue weighted by Gasteiger charge is 2.20. The maximum Gasteiger partial charge on any atom is 0.0629 e. The van der Waals surface area contributed by atoms with E-state index in [9.17, 15) is 0 Å². The van der Waals surface area contributed by atoms with Crippen LogP contribution in [0.5, 0.6) is 0 Å². The molecule has 0 saturated carbocycles. The number of hydrogen-bond acceptors (Lipinski definition) is 1. The maximum atomic E-state index is 4.74. The van der Waals surface area contributed by atoms with Gasteiger partial charge in [0.2, 0.25) is 0 Å². The molecule has 0 aliphatic heterocycles. The molecule has 1 atom stereocenters. The molecule has 0 spiro atoms. The van der Waals surface area contributed by atoms with Gasteiger partial charge in [0.25, 0.3) is 0 Å². The standard InChI is InChI=1S/C24H21N/c1-17-12-14-21(18(17)2)23-15-13-19-8-6-7-11-22(19)24(23)16-25-20-9-4-3-5-10-20/h3-16,21H,1-2H3. The van der Waals surface area contributed by atoms with E-state index < -0.39 is 0 Å². The molecule has 0 fully saturated rings. The number of aliphatic imine (C=N–C) groups is 1. The number of fused-ring (bicyclic) bond motifs is 1. The third kappa shape index (κ3) is 2.94. The van der Waals surface area contributed by atoms with Crippen LogP contribution in [-0.4, -0.2) is 6.21 Å². The molecular weight excluding hydrogens is 302 g/mol. The molecule has 0 N–H and O–H groups in total. The Labute approximate surface area is 149 Å². The number of hydrogen-bond donors (Lipinski definition) is 0. The van der Waals surface area contributed by atoms with Crippen molar-refractivity contribution in [2.24, 2.45) is 4.99 Å². The summed E-state index contributed by atoms with van der Waals surface area (Å²) < 4.78 is 0. The Morgan fingerprint density at radius 1 is 0.840 bits per heavy atom. The topological polar surface area (TPSA) is 12.4 Å². The van der Waals surface area contributed by atoms with Gasteiger partial charge in [0.05, 0.1) is 5.69 Å². The first kappa shape index (κ1) is 15.6. The van der Waals surface area contributed by atoms with E-state index in [2.05, 4.69) is 62.4 Å². The first-order chi connectivity index (χ1) is 12.2. The van der Waals surface area contributed by atoms with E-state index >= 15 is 0 Å². The van der Waals surface area contributed by atoms with Crippen LogP contribution in [0.4, 0.5) is 5.69 Å². The summed E-state index contributed by atoms with van der Waals surface area (Å²) >= 11 is 0. The van der Waals surface area contributed by atoms with Gasteiger partial charge in [0.1, 0.15) is 0 Å². The molecular formula is C24H21N. The first-order valence-electron chi connectivity index (χ1n) is 8.70. The zero-order chi connectivity index (χ0) is 17.2. The zero-order valence-electron chi connectivity index (χ0n) is 14.6. The Hall–Kier alpha value is -2.93. The van der Waals surface area contributed by atoms with E-state index in [4.69, 9.17) is 4.99 Å². The van der Waals surface area contributed by atoms with Crippen molar-refractivity contribution >= 4 is 22.7 Å². The van der Waals surface area contributed by atoms with Crippen molar-refractivity contribution in [2.75, 3.05) is 0 Å². The minimum atomic E-state index is 0.335. The van der Waals surface area contributed by atoms with E-state index in [1.165, 1.54) is 33.0 Å². The predicted molar refractivity (Wildman–Crippen MR) is 108 cm³/mol. The highest BCUT2D eigenvalue weighted by molar-refractivity contribution is 6.02. The Balaban J connectivity index is 1.89. The van der Waals surface area contributed by atoms with Crippen LogP contribution in [0.15, 0.2) is 95.0 Å². The average Bonchev–Trinajstić information content (AvgIpc) is 2.99. The second-order valence-electron chi connectivity index (χ2n) is 6.59. The lowest BCUT2D eigenvalue weighted by Crippen LogP contribution is -2.01. The number of nitrogens with zero attached hydrogens (tertiary/aromatic N) is 1. The Morgan fingerprint density at radius 2 is 1.60 bits per heavy atom. The highest BCUT2D eigenvalue weighted by atomic mass is 14.7. The Kier molecular flexibility index (Phi) is 4.07. The second kappa shape index (κ2) is 6.52. The van der Waals surface area contributed by atoms with E-state index in [1.54, 1.807) is 0 Å². The fourth-order valence-corrected chi connectivity index (χ4v) is 3.48. The predicted octanol–water partition coefficient (Wildman–Crippen LogP) is 6.58. The van der Waals surface area contributed by atoms with Crippen molar-refractivity contribution in [3.05, 3.63) is 101 Å². The maximum absolute atomic E-state index is 4.74. The fourth-order valence-electron chi connectivity index (χ4n) is 3.48. The van der Waals surface area contributed by atoms with Crippen molar-refractivity contribution in [3.8, 4) is 0 Å². The van der Waals surface area contributed by atoms with Crippen LogP contribution < -0.4 is 0 Å². The lowest BCUT2D eigenvalue weighted by molar-refractivity contribution is 1.00. The molecule has 0 heterocycles. The highest BCUT2D eigenvalue weighted by Crippen LogP contribution is 2.37. The smallest absolute Gasteiger partial charge is 0.0629 e. The first-order valence-corrected chi connectivity index (χ1v) is 8.70. The molecule has 1 aliphatic carbocycles. The van der Waals surface area contributed by atoms with Crippen LogP contribution in [0, 0.1) is 0 Å². The van der Waals surface area contributed by atoms with Gasteiger partial charge < -0.3 is 0 Å². The van der Waals surface area contributed by atoms with Crippen LogP contribution in [-0.2, 0) is 0 Å². The third-order valence-electron chi connectivity index (χ3n) is 5.07. The monoisotopic (exact) mass is 323 g/mol. The summed E-state index contributed by atoms with van der Waals surface area (Å²) in [6.07, 6.45) is 6.56. The van der Waals surface area contributed by atoms with E-state index in [1.807, 2.05) is 36.5 Å². The normalized spacial score (nSPS) is 17.1. The van der Waals surface area contributed by atoms with Crippen molar-refractivity contribution in [1.82, 2.24) is 0 Å². The van der Waals surface area contributed by atoms with Crippen molar-refractivity contribution in [2.45, 2.75) is 19.8 Å². The van der Waals surface area contributed by atoms with Gasteiger partial charge in [-0.05, 0) is 42.3 Å². The molecule has 1 aliphatic rings. The van der Waals surface area contributed by atoms with Crippen LogP contribution in [0.25, 0.3) is 10.8 Å². The minimum Gasteiger partial charge on any atom is -0.256 e. The van der Waals surface area contributed by atoms with Gasteiger partial charge >= 0.3 is 0 Å². The van der Waals surface area contributed by atoms with E-state index in [-0.39, 0.29) is 0 Å². The minimum absolute atomic E-state index is 0.335. The largest absolute Gasteiger partial charge is 0.256 e. The molecule has 3 aromatic rings. The number of para-hydroxylation sites is 1. The summed E-state index contributed by atoms with van der Waals surface area (Å²) in [5, 5.41) is 2.51. The van der Waals surface area contributed by atoms with Crippen molar-refractivity contribution in [3.63, 3.8) is 0 Å². The van der Waals surface area contributed by atoms with Gasteiger partial charge in [-0.15, -0.1) is 0 Å². The molecule has 0 amide bonds. The summed E-state index contributed by atoms with van der Waals surface area (Å²) in [6, 6.07) is 23.1. The quantitative estimate of drug-likeness (QED) is 0.483. The summed E-state index contributed by atoms with van der Waals surface area (Å²) in [4.78, 5) is 4.74. The van der Waals surface area contributed by atoms with Gasteiger partial charge in [-0.25, -0.2) is 0 Å². The average molecular weight is 323 g/mol. The van der Waals surface area contributed by atoms with Gasteiger partial charge in [-0.3, -0.25) is 4.99 Å². The van der Waals surface area contributed by atoms with Crippen LogP contribution in [0.2, 0.25) is 0 Å². The molecule has 0 radical (unpaired) electrons. The molecule has 0 bridgehead atoms. The molecule has 0 saturated heterocycles. The number of rotatable bonds is 3. The second-order valence-corrected chi connectivity index (χ2v) is 6.59. The zero-order valence-corrected chi connectivity index (χ0v) is 14.6. The molecule has 1 nitrogen and oxygen atoms in total. The molecule has 3 aromatic carbocycles. The van der Waals surface area contributed by atoms with E-state index in [0.29, 0.717) is 5.92 Å². The number of allylic oxidation sites excluding steroid dienone is 4.